The molecule has 2 rings (SSSR count). The summed E-state index contributed by atoms with van der Waals surface area (Å²) in [7, 11) is 0. The molecule has 0 spiro atoms. The van der Waals surface area contributed by atoms with E-state index in [0.29, 0.717) is 17.4 Å². The summed E-state index contributed by atoms with van der Waals surface area (Å²) in [6.07, 6.45) is 4.41. The molecule has 0 unspecified atom stereocenters. The molecule has 1 aromatic carbocycles. The first-order chi connectivity index (χ1) is 8.46. The van der Waals surface area contributed by atoms with Gasteiger partial charge in [-0.3, -0.25) is 0 Å². The molecular formula is C16H20FN. The molecule has 1 nitrogen and oxygen atoms in total. The van der Waals surface area contributed by atoms with E-state index in [1.54, 1.807) is 12.1 Å². The molecule has 1 fully saturated rings. The lowest BCUT2D eigenvalue weighted by Gasteiger charge is -2.39. The molecule has 0 aliphatic heterocycles. The Morgan fingerprint density at radius 1 is 1.17 bits per heavy atom. The highest BCUT2D eigenvalue weighted by atomic mass is 19.1. The maximum absolute atomic E-state index is 13.7. The lowest BCUT2D eigenvalue weighted by atomic mass is 9.64. The molecule has 0 saturated heterocycles. The molecule has 0 radical (unpaired) electrons. The van der Waals surface area contributed by atoms with Gasteiger partial charge in [-0.05, 0) is 49.1 Å². The van der Waals surface area contributed by atoms with Crippen molar-refractivity contribution in [3.63, 3.8) is 0 Å². The van der Waals surface area contributed by atoms with Crippen LogP contribution < -0.4 is 0 Å². The summed E-state index contributed by atoms with van der Waals surface area (Å²) in [5.41, 5.74) is 0.645. The van der Waals surface area contributed by atoms with Crippen molar-refractivity contribution in [2.24, 2.45) is 10.8 Å². The Hall–Kier alpha value is -1.36. The van der Waals surface area contributed by atoms with Gasteiger partial charge < -0.3 is 0 Å². The van der Waals surface area contributed by atoms with Crippen molar-refractivity contribution < 1.29 is 4.39 Å². The van der Waals surface area contributed by atoms with Crippen molar-refractivity contribution >= 4 is 0 Å². The number of halogens is 1. The Bertz CT molecular complexity index is 460. The van der Waals surface area contributed by atoms with Crippen LogP contribution in [0.3, 0.4) is 0 Å². The van der Waals surface area contributed by atoms with E-state index in [-0.39, 0.29) is 11.2 Å². The molecule has 0 bridgehead atoms. The molecule has 1 aliphatic carbocycles. The van der Waals surface area contributed by atoms with Gasteiger partial charge >= 0.3 is 0 Å². The fourth-order valence-corrected chi connectivity index (χ4v) is 2.74. The van der Waals surface area contributed by atoms with E-state index >= 15 is 0 Å². The van der Waals surface area contributed by atoms with E-state index in [4.69, 9.17) is 0 Å². The Labute approximate surface area is 109 Å². The van der Waals surface area contributed by atoms with Crippen LogP contribution in [0.15, 0.2) is 24.3 Å². The Balaban J connectivity index is 2.16. The van der Waals surface area contributed by atoms with Gasteiger partial charge in [0.15, 0.2) is 0 Å². The van der Waals surface area contributed by atoms with Crippen LogP contribution in [0.4, 0.5) is 4.39 Å². The predicted molar refractivity (Wildman–Crippen MR) is 70.4 cm³/mol. The molecule has 1 aromatic rings. The van der Waals surface area contributed by atoms with Crippen LogP contribution in [0.1, 0.15) is 45.1 Å². The van der Waals surface area contributed by atoms with Crippen molar-refractivity contribution in [3.05, 3.63) is 35.6 Å². The zero-order valence-electron chi connectivity index (χ0n) is 11.2. The third-order valence-corrected chi connectivity index (χ3v) is 4.28. The van der Waals surface area contributed by atoms with Crippen LogP contribution >= 0.6 is 0 Å². The maximum Gasteiger partial charge on any atom is 0.126 e. The van der Waals surface area contributed by atoms with Crippen LogP contribution in [0.5, 0.6) is 0 Å². The van der Waals surface area contributed by atoms with Gasteiger partial charge in [-0.15, -0.1) is 0 Å². The second kappa shape index (κ2) is 4.72. The van der Waals surface area contributed by atoms with Gasteiger partial charge in [0.05, 0.1) is 11.5 Å². The minimum absolute atomic E-state index is 0.183. The molecule has 0 heterocycles. The molecule has 0 atom stereocenters. The van der Waals surface area contributed by atoms with Crippen LogP contribution in [0.2, 0.25) is 0 Å². The van der Waals surface area contributed by atoms with E-state index in [1.165, 1.54) is 6.07 Å². The number of hydrogen-bond acceptors (Lipinski definition) is 1. The van der Waals surface area contributed by atoms with Gasteiger partial charge in [0, 0.05) is 0 Å². The maximum atomic E-state index is 13.7. The van der Waals surface area contributed by atoms with Crippen molar-refractivity contribution in [3.8, 4) is 6.07 Å². The first kappa shape index (κ1) is 13.1. The lowest BCUT2D eigenvalue weighted by molar-refractivity contribution is 0.145. The first-order valence-electron chi connectivity index (χ1n) is 6.61. The first-order valence-corrected chi connectivity index (χ1v) is 6.61. The van der Waals surface area contributed by atoms with E-state index in [2.05, 4.69) is 19.9 Å². The van der Waals surface area contributed by atoms with Gasteiger partial charge in [0.1, 0.15) is 5.82 Å². The van der Waals surface area contributed by atoms with Gasteiger partial charge in [0.2, 0.25) is 0 Å². The van der Waals surface area contributed by atoms with E-state index in [0.717, 1.165) is 25.7 Å². The summed E-state index contributed by atoms with van der Waals surface area (Å²) >= 11 is 0. The van der Waals surface area contributed by atoms with Gasteiger partial charge in [-0.25, -0.2) is 4.39 Å². The summed E-state index contributed by atoms with van der Waals surface area (Å²) in [6.45, 7) is 4.49. The van der Waals surface area contributed by atoms with E-state index in [1.807, 2.05) is 6.07 Å². The molecule has 18 heavy (non-hydrogen) atoms. The Kier molecular flexibility index (Phi) is 3.43. The standard InChI is InChI=1S/C16H20FN/c1-15(2)7-9-16(12-18,10-8-15)11-13-5-3-4-6-14(13)17/h3-6H,7-11H2,1-2H3. The lowest BCUT2D eigenvalue weighted by Crippen LogP contribution is -2.32. The Morgan fingerprint density at radius 3 is 2.33 bits per heavy atom. The minimum atomic E-state index is -0.363. The van der Waals surface area contributed by atoms with E-state index in [9.17, 15) is 9.65 Å². The fraction of sp³-hybridized carbons (Fsp3) is 0.562. The molecule has 0 aromatic heterocycles. The second-order valence-electron chi connectivity index (χ2n) is 6.32. The molecule has 0 N–H and O–H groups in total. The topological polar surface area (TPSA) is 23.8 Å². The van der Waals surface area contributed by atoms with Gasteiger partial charge in [0.25, 0.3) is 0 Å². The smallest absolute Gasteiger partial charge is 0.126 e. The highest BCUT2D eigenvalue weighted by Crippen LogP contribution is 2.46. The van der Waals surface area contributed by atoms with Gasteiger partial charge in [-0.2, -0.15) is 5.26 Å². The van der Waals surface area contributed by atoms with Crippen LogP contribution in [-0.2, 0) is 6.42 Å². The number of nitriles is 1. The monoisotopic (exact) mass is 245 g/mol. The molecule has 96 valence electrons. The molecule has 1 aliphatic rings. The highest BCUT2D eigenvalue weighted by molar-refractivity contribution is 5.22. The average Bonchev–Trinajstić information content (AvgIpc) is 2.35. The average molecular weight is 245 g/mol. The normalized spacial score (nSPS) is 21.2. The quantitative estimate of drug-likeness (QED) is 0.753. The van der Waals surface area contributed by atoms with Crippen LogP contribution in [-0.4, -0.2) is 0 Å². The van der Waals surface area contributed by atoms with Crippen molar-refractivity contribution in [1.82, 2.24) is 0 Å². The SMILES string of the molecule is CC1(C)CCC(C#N)(Cc2ccccc2F)CC1. The molecular weight excluding hydrogens is 225 g/mol. The molecule has 2 heteroatoms. The van der Waals surface area contributed by atoms with Crippen molar-refractivity contribution in [2.45, 2.75) is 46.0 Å². The van der Waals surface area contributed by atoms with E-state index < -0.39 is 0 Å². The summed E-state index contributed by atoms with van der Waals surface area (Å²) in [6, 6.07) is 9.28. The zero-order valence-corrected chi connectivity index (χ0v) is 11.2. The van der Waals surface area contributed by atoms with Crippen molar-refractivity contribution in [1.29, 1.82) is 5.26 Å². The number of hydrogen-bond donors (Lipinski definition) is 0. The second-order valence-corrected chi connectivity index (χ2v) is 6.32. The van der Waals surface area contributed by atoms with Crippen LogP contribution in [0, 0.1) is 28.0 Å². The fourth-order valence-electron chi connectivity index (χ4n) is 2.74. The number of rotatable bonds is 2. The molecule has 1 saturated carbocycles. The third kappa shape index (κ3) is 2.72. The van der Waals surface area contributed by atoms with Crippen molar-refractivity contribution in [2.75, 3.05) is 0 Å². The third-order valence-electron chi connectivity index (χ3n) is 4.28. The zero-order chi connectivity index (χ0) is 13.2. The summed E-state index contributed by atoms with van der Waals surface area (Å²) < 4.78 is 13.7. The summed E-state index contributed by atoms with van der Waals surface area (Å²) in [4.78, 5) is 0. The summed E-state index contributed by atoms with van der Waals surface area (Å²) in [5, 5.41) is 9.49. The van der Waals surface area contributed by atoms with Crippen LogP contribution in [0.25, 0.3) is 0 Å². The number of nitrogens with zero attached hydrogens (tertiary/aromatic N) is 1. The Morgan fingerprint density at radius 2 is 1.78 bits per heavy atom. The minimum Gasteiger partial charge on any atom is -0.207 e. The molecule has 0 amide bonds. The largest absolute Gasteiger partial charge is 0.207 e. The van der Waals surface area contributed by atoms with Gasteiger partial charge in [-0.1, -0.05) is 32.0 Å². The highest BCUT2D eigenvalue weighted by Gasteiger charge is 2.38. The number of benzene rings is 1. The predicted octanol–water partition coefficient (Wildman–Crippen LogP) is 4.48. The summed E-state index contributed by atoms with van der Waals surface area (Å²) in [5.74, 6) is -0.183.